The van der Waals surface area contributed by atoms with Gasteiger partial charge in [0.1, 0.15) is 0 Å². The van der Waals surface area contributed by atoms with Crippen LogP contribution in [-0.4, -0.2) is 29.2 Å². The Morgan fingerprint density at radius 1 is 0.821 bits per heavy atom. The molecule has 0 aliphatic carbocycles. The summed E-state index contributed by atoms with van der Waals surface area (Å²) in [5, 5.41) is 2.91. The zero-order valence-electron chi connectivity index (χ0n) is 16.9. The van der Waals surface area contributed by atoms with Crippen molar-refractivity contribution in [1.29, 1.82) is 0 Å². The summed E-state index contributed by atoms with van der Waals surface area (Å²) in [4.78, 5) is 22.4. The third-order valence-corrected chi connectivity index (χ3v) is 4.51. The van der Waals surface area contributed by atoms with Gasteiger partial charge >= 0.3 is 0 Å². The van der Waals surface area contributed by atoms with E-state index in [-0.39, 0.29) is 11.0 Å². The molecule has 0 aliphatic heterocycles. The molecule has 0 atom stereocenters. The van der Waals surface area contributed by atoms with Crippen LogP contribution in [0.15, 0.2) is 60.8 Å². The van der Waals surface area contributed by atoms with Gasteiger partial charge in [0.15, 0.2) is 5.12 Å². The Bertz CT molecular complexity index is 551. The van der Waals surface area contributed by atoms with Gasteiger partial charge in [-0.05, 0) is 38.5 Å². The SMILES string of the molecule is CC(=O)SCCNC(=O)CCC/C=C/C/C=C\C/C=C\C/C=C\C/C=C\CCl. The van der Waals surface area contributed by atoms with Crippen molar-refractivity contribution in [1.82, 2.24) is 5.32 Å². The highest BCUT2D eigenvalue weighted by atomic mass is 35.5. The molecule has 0 saturated heterocycles. The second-order valence-corrected chi connectivity index (χ2v) is 7.62. The third kappa shape index (κ3) is 22.5. The number of carbonyl (C=O) groups excluding carboxylic acids is 2. The van der Waals surface area contributed by atoms with Gasteiger partial charge in [-0.15, -0.1) is 11.6 Å². The van der Waals surface area contributed by atoms with Gasteiger partial charge in [0, 0.05) is 31.5 Å². The second-order valence-electron chi connectivity index (χ2n) is 6.04. The lowest BCUT2D eigenvalue weighted by molar-refractivity contribution is -0.121. The average molecular weight is 424 g/mol. The standard InChI is InChI=1S/C23H34ClNO2S/c1-22(26)28-21-20-25-23(27)18-16-14-12-10-8-6-4-2-3-5-7-9-11-13-15-17-19-24/h3-6,9-12,15,17H,2,7-8,13-14,16,18-21H2,1H3,(H,25,27)/b5-3-,6-4-,11-9-,12-10+,17-15-. The third-order valence-electron chi connectivity index (χ3n) is 3.52. The van der Waals surface area contributed by atoms with Crippen LogP contribution < -0.4 is 5.32 Å². The van der Waals surface area contributed by atoms with E-state index in [4.69, 9.17) is 11.6 Å². The first kappa shape index (κ1) is 26.5. The zero-order valence-corrected chi connectivity index (χ0v) is 18.5. The highest BCUT2D eigenvalue weighted by Gasteiger charge is 2.00. The van der Waals surface area contributed by atoms with E-state index in [9.17, 15) is 9.59 Å². The van der Waals surface area contributed by atoms with E-state index in [0.29, 0.717) is 24.6 Å². The Balaban J connectivity index is 3.51. The van der Waals surface area contributed by atoms with Gasteiger partial charge in [-0.2, -0.15) is 0 Å². The molecule has 0 heterocycles. The van der Waals surface area contributed by atoms with E-state index in [0.717, 1.165) is 38.5 Å². The number of amides is 1. The molecule has 0 saturated carbocycles. The van der Waals surface area contributed by atoms with Gasteiger partial charge < -0.3 is 5.32 Å². The monoisotopic (exact) mass is 423 g/mol. The van der Waals surface area contributed by atoms with Crippen LogP contribution in [0.3, 0.4) is 0 Å². The van der Waals surface area contributed by atoms with E-state index in [2.05, 4.69) is 60.0 Å². The maximum absolute atomic E-state index is 11.6. The molecule has 0 bridgehead atoms. The van der Waals surface area contributed by atoms with Crippen molar-refractivity contribution in [2.45, 2.75) is 51.9 Å². The molecule has 0 unspecified atom stereocenters. The molecule has 1 N–H and O–H groups in total. The normalized spacial score (nSPS) is 12.4. The number of halogens is 1. The van der Waals surface area contributed by atoms with Crippen molar-refractivity contribution in [2.75, 3.05) is 18.2 Å². The second kappa shape index (κ2) is 21.8. The first-order valence-electron chi connectivity index (χ1n) is 9.87. The van der Waals surface area contributed by atoms with Crippen LogP contribution in [-0.2, 0) is 9.59 Å². The largest absolute Gasteiger partial charge is 0.355 e. The van der Waals surface area contributed by atoms with Crippen molar-refractivity contribution >= 4 is 34.4 Å². The Kier molecular flexibility index (Phi) is 20.6. The number of rotatable bonds is 16. The number of unbranched alkanes of at least 4 members (excludes halogenated alkanes) is 1. The van der Waals surface area contributed by atoms with E-state index in [1.807, 2.05) is 6.08 Å². The molecular weight excluding hydrogens is 390 g/mol. The molecule has 0 aromatic carbocycles. The lowest BCUT2D eigenvalue weighted by atomic mass is 10.2. The van der Waals surface area contributed by atoms with Crippen molar-refractivity contribution < 1.29 is 9.59 Å². The molecule has 0 aromatic heterocycles. The number of allylic oxidation sites excluding steroid dienone is 10. The minimum Gasteiger partial charge on any atom is -0.355 e. The van der Waals surface area contributed by atoms with E-state index in [1.54, 1.807) is 0 Å². The van der Waals surface area contributed by atoms with Crippen molar-refractivity contribution in [3.05, 3.63) is 60.8 Å². The first-order valence-corrected chi connectivity index (χ1v) is 11.4. The molecule has 0 radical (unpaired) electrons. The van der Waals surface area contributed by atoms with Gasteiger partial charge in [-0.25, -0.2) is 0 Å². The zero-order chi connectivity index (χ0) is 20.7. The molecular formula is C23H34ClNO2S. The summed E-state index contributed by atoms with van der Waals surface area (Å²) in [6, 6.07) is 0. The van der Waals surface area contributed by atoms with Crippen LogP contribution in [0.2, 0.25) is 0 Å². The summed E-state index contributed by atoms with van der Waals surface area (Å²) in [6.45, 7) is 2.09. The number of carbonyl (C=O) groups is 2. The number of alkyl halides is 1. The Morgan fingerprint density at radius 3 is 1.82 bits per heavy atom. The first-order chi connectivity index (χ1) is 13.7. The van der Waals surface area contributed by atoms with E-state index in [1.165, 1.54) is 18.7 Å². The molecule has 1 amide bonds. The topological polar surface area (TPSA) is 46.2 Å². The van der Waals surface area contributed by atoms with Crippen LogP contribution in [0.25, 0.3) is 0 Å². The predicted octanol–water partition coefficient (Wildman–Crippen LogP) is 6.13. The molecule has 28 heavy (non-hydrogen) atoms. The van der Waals surface area contributed by atoms with E-state index < -0.39 is 0 Å². The maximum atomic E-state index is 11.6. The number of hydrogen-bond donors (Lipinski definition) is 1. The van der Waals surface area contributed by atoms with Crippen LogP contribution in [0.4, 0.5) is 0 Å². The molecule has 5 heteroatoms. The summed E-state index contributed by atoms with van der Waals surface area (Å²) in [5.41, 5.74) is 0. The predicted molar refractivity (Wildman–Crippen MR) is 125 cm³/mol. The summed E-state index contributed by atoms with van der Waals surface area (Å²) < 4.78 is 0. The summed E-state index contributed by atoms with van der Waals surface area (Å²) in [6.07, 6.45) is 27.3. The fourth-order valence-electron chi connectivity index (χ4n) is 2.12. The molecule has 0 spiro atoms. The lowest BCUT2D eigenvalue weighted by Gasteiger charge is -2.02. The average Bonchev–Trinajstić information content (AvgIpc) is 2.67. The maximum Gasteiger partial charge on any atom is 0.220 e. The van der Waals surface area contributed by atoms with Gasteiger partial charge in [0.25, 0.3) is 0 Å². The fourth-order valence-corrected chi connectivity index (χ4v) is 2.74. The summed E-state index contributed by atoms with van der Waals surface area (Å²) in [5.74, 6) is 1.28. The highest BCUT2D eigenvalue weighted by molar-refractivity contribution is 8.13. The lowest BCUT2D eigenvalue weighted by Crippen LogP contribution is -2.25. The Morgan fingerprint density at radius 2 is 1.32 bits per heavy atom. The van der Waals surface area contributed by atoms with Crippen LogP contribution >= 0.6 is 23.4 Å². The molecule has 0 aliphatic rings. The van der Waals surface area contributed by atoms with Crippen LogP contribution in [0.1, 0.15) is 51.9 Å². The fraction of sp³-hybridized carbons (Fsp3) is 0.478. The van der Waals surface area contributed by atoms with Gasteiger partial charge in [0.05, 0.1) is 0 Å². The summed E-state index contributed by atoms with van der Waals surface area (Å²) >= 11 is 6.79. The number of nitrogens with one attached hydrogen (secondary N) is 1. The van der Waals surface area contributed by atoms with Crippen LogP contribution in [0, 0.1) is 0 Å². The minimum atomic E-state index is 0.0609. The quantitative estimate of drug-likeness (QED) is 0.184. The minimum absolute atomic E-state index is 0.0609. The number of thioether (sulfide) groups is 1. The van der Waals surface area contributed by atoms with Crippen LogP contribution in [0.5, 0.6) is 0 Å². The van der Waals surface area contributed by atoms with Crippen molar-refractivity contribution in [2.24, 2.45) is 0 Å². The van der Waals surface area contributed by atoms with E-state index >= 15 is 0 Å². The molecule has 3 nitrogen and oxygen atoms in total. The number of hydrogen-bond acceptors (Lipinski definition) is 3. The van der Waals surface area contributed by atoms with Gasteiger partial charge in [-0.1, -0.05) is 72.5 Å². The van der Waals surface area contributed by atoms with Crippen molar-refractivity contribution in [3.8, 4) is 0 Å². The highest BCUT2D eigenvalue weighted by Crippen LogP contribution is 2.01. The molecule has 0 fully saturated rings. The van der Waals surface area contributed by atoms with Crippen molar-refractivity contribution in [3.63, 3.8) is 0 Å². The smallest absolute Gasteiger partial charge is 0.220 e. The Hall–Kier alpha value is -1.52. The summed E-state index contributed by atoms with van der Waals surface area (Å²) in [7, 11) is 0. The Labute approximate surface area is 180 Å². The molecule has 156 valence electrons. The van der Waals surface area contributed by atoms with Gasteiger partial charge in [-0.3, -0.25) is 9.59 Å². The van der Waals surface area contributed by atoms with Gasteiger partial charge in [0.2, 0.25) is 5.91 Å². The molecule has 0 rings (SSSR count). The molecule has 0 aromatic rings.